The lowest BCUT2D eigenvalue weighted by Gasteiger charge is -2.19. The smallest absolute Gasteiger partial charge is 0.230 e. The van der Waals surface area contributed by atoms with Crippen LogP contribution < -0.4 is 15.9 Å². The van der Waals surface area contributed by atoms with Gasteiger partial charge in [0.2, 0.25) is 11.1 Å². The van der Waals surface area contributed by atoms with Crippen LogP contribution in [0.4, 0.5) is 0 Å². The Labute approximate surface area is 157 Å². The minimum Gasteiger partial charge on any atom is -0.486 e. The molecule has 0 radical (unpaired) electrons. The monoisotopic (exact) mass is 375 g/mol. The Morgan fingerprint density at radius 2 is 2.00 bits per heavy atom. The summed E-state index contributed by atoms with van der Waals surface area (Å²) in [7, 11) is 0. The molecule has 140 valence electrons. The van der Waals surface area contributed by atoms with Crippen molar-refractivity contribution in [3.63, 3.8) is 0 Å². The number of aromatic nitrogens is 3. The van der Waals surface area contributed by atoms with Gasteiger partial charge >= 0.3 is 0 Å². The maximum atomic E-state index is 11.7. The van der Waals surface area contributed by atoms with Crippen LogP contribution in [0, 0.1) is 0 Å². The molecular formula is C18H25N5O2S. The van der Waals surface area contributed by atoms with Gasteiger partial charge in [-0.05, 0) is 36.0 Å². The molecule has 26 heavy (non-hydrogen) atoms. The van der Waals surface area contributed by atoms with Gasteiger partial charge in [-0.3, -0.25) is 4.79 Å². The minimum absolute atomic E-state index is 0.00256. The molecule has 0 spiro atoms. The molecule has 1 fully saturated rings. The second-order valence-electron chi connectivity index (χ2n) is 7.46. The van der Waals surface area contributed by atoms with Crippen LogP contribution in [0.3, 0.4) is 0 Å². The summed E-state index contributed by atoms with van der Waals surface area (Å²) < 4.78 is 7.12. The molecule has 7 nitrogen and oxygen atoms in total. The lowest BCUT2D eigenvalue weighted by molar-refractivity contribution is -0.118. The predicted molar refractivity (Wildman–Crippen MR) is 102 cm³/mol. The molecule has 3 rings (SSSR count). The fourth-order valence-electron chi connectivity index (χ4n) is 2.33. The standard InChI is InChI=1S/C18H25N5O2S/c1-18(2,3)12-4-8-14(9-5-12)25-10-15-21-22-17(23(15)19)26-11-16(24)20-13-6-7-13/h4-5,8-9,13H,6-7,10-11,19H2,1-3H3,(H,20,24). The van der Waals surface area contributed by atoms with Crippen molar-refractivity contribution in [1.82, 2.24) is 20.2 Å². The van der Waals surface area contributed by atoms with Crippen molar-refractivity contribution < 1.29 is 9.53 Å². The lowest BCUT2D eigenvalue weighted by Crippen LogP contribution is -2.27. The highest BCUT2D eigenvalue weighted by Gasteiger charge is 2.23. The fraction of sp³-hybridized carbons (Fsp3) is 0.500. The molecule has 0 saturated heterocycles. The van der Waals surface area contributed by atoms with E-state index in [9.17, 15) is 4.79 Å². The first-order valence-electron chi connectivity index (χ1n) is 8.68. The topological polar surface area (TPSA) is 95.1 Å². The van der Waals surface area contributed by atoms with Crippen LogP contribution in [0.2, 0.25) is 0 Å². The van der Waals surface area contributed by atoms with Gasteiger partial charge in [0.05, 0.1) is 5.75 Å². The van der Waals surface area contributed by atoms with E-state index in [2.05, 4.69) is 48.4 Å². The van der Waals surface area contributed by atoms with E-state index in [0.717, 1.165) is 18.6 Å². The van der Waals surface area contributed by atoms with E-state index < -0.39 is 0 Å². The predicted octanol–water partition coefficient (Wildman–Crippen LogP) is 2.24. The Balaban J connectivity index is 1.52. The van der Waals surface area contributed by atoms with E-state index in [0.29, 0.717) is 17.0 Å². The highest BCUT2D eigenvalue weighted by atomic mass is 32.2. The summed E-state index contributed by atoms with van der Waals surface area (Å²) in [4.78, 5) is 11.7. The summed E-state index contributed by atoms with van der Waals surface area (Å²) in [5.74, 6) is 7.54. The maximum Gasteiger partial charge on any atom is 0.230 e. The Morgan fingerprint density at radius 1 is 1.31 bits per heavy atom. The van der Waals surface area contributed by atoms with Crippen molar-refractivity contribution in [3.8, 4) is 5.75 Å². The van der Waals surface area contributed by atoms with Crippen LogP contribution in [0.1, 0.15) is 45.0 Å². The minimum atomic E-state index is -0.00256. The third-order valence-corrected chi connectivity index (χ3v) is 5.04. The fourth-order valence-corrected chi connectivity index (χ4v) is 3.02. The second-order valence-corrected chi connectivity index (χ2v) is 8.40. The lowest BCUT2D eigenvalue weighted by atomic mass is 9.87. The van der Waals surface area contributed by atoms with Crippen molar-refractivity contribution in [2.75, 3.05) is 11.6 Å². The normalized spacial score (nSPS) is 14.3. The second kappa shape index (κ2) is 7.57. The molecule has 1 aromatic heterocycles. The summed E-state index contributed by atoms with van der Waals surface area (Å²) in [6.07, 6.45) is 2.14. The van der Waals surface area contributed by atoms with Crippen LogP contribution in [0.25, 0.3) is 0 Å². The number of rotatable bonds is 7. The molecule has 0 bridgehead atoms. The summed E-state index contributed by atoms with van der Waals surface area (Å²) in [6.45, 7) is 6.73. The number of thioether (sulfide) groups is 1. The van der Waals surface area contributed by atoms with Crippen molar-refractivity contribution in [1.29, 1.82) is 0 Å². The quantitative estimate of drug-likeness (QED) is 0.569. The number of nitrogens with zero attached hydrogens (tertiary/aromatic N) is 3. The third-order valence-electron chi connectivity index (χ3n) is 4.10. The molecular weight excluding hydrogens is 350 g/mol. The number of hydrogen-bond donors (Lipinski definition) is 2. The van der Waals surface area contributed by atoms with Crippen molar-refractivity contribution in [3.05, 3.63) is 35.7 Å². The van der Waals surface area contributed by atoms with E-state index in [1.54, 1.807) is 0 Å². The zero-order valence-electron chi connectivity index (χ0n) is 15.4. The van der Waals surface area contributed by atoms with Crippen LogP contribution in [-0.4, -0.2) is 32.6 Å². The van der Waals surface area contributed by atoms with Crippen LogP contribution in [0.5, 0.6) is 5.75 Å². The number of carbonyl (C=O) groups is 1. The molecule has 1 heterocycles. The van der Waals surface area contributed by atoms with Gasteiger partial charge in [0, 0.05) is 6.04 Å². The largest absolute Gasteiger partial charge is 0.486 e. The van der Waals surface area contributed by atoms with E-state index in [4.69, 9.17) is 10.6 Å². The van der Waals surface area contributed by atoms with Gasteiger partial charge in [-0.15, -0.1) is 10.2 Å². The molecule has 0 unspecified atom stereocenters. The average molecular weight is 375 g/mol. The number of nitrogen functional groups attached to an aromatic ring is 1. The Morgan fingerprint density at radius 3 is 2.62 bits per heavy atom. The molecule has 1 aliphatic carbocycles. The molecule has 8 heteroatoms. The number of nitrogens with two attached hydrogens (primary N) is 1. The Kier molecular flexibility index (Phi) is 5.41. The highest BCUT2D eigenvalue weighted by molar-refractivity contribution is 7.99. The van der Waals surface area contributed by atoms with Crippen molar-refractivity contribution >= 4 is 17.7 Å². The van der Waals surface area contributed by atoms with Gasteiger partial charge in [0.25, 0.3) is 0 Å². The van der Waals surface area contributed by atoms with Crippen LogP contribution >= 0.6 is 11.8 Å². The molecule has 1 aliphatic rings. The third kappa shape index (κ3) is 4.91. The zero-order valence-corrected chi connectivity index (χ0v) is 16.2. The number of benzene rings is 1. The summed E-state index contributed by atoms with van der Waals surface area (Å²) >= 11 is 1.27. The van der Waals surface area contributed by atoms with Gasteiger partial charge in [-0.25, -0.2) is 4.68 Å². The molecule has 1 saturated carbocycles. The number of carbonyl (C=O) groups excluding carboxylic acids is 1. The zero-order chi connectivity index (χ0) is 18.7. The summed E-state index contributed by atoms with van der Waals surface area (Å²) in [6, 6.07) is 8.35. The summed E-state index contributed by atoms with van der Waals surface area (Å²) in [5, 5.41) is 11.5. The van der Waals surface area contributed by atoms with Gasteiger partial charge < -0.3 is 15.9 Å². The van der Waals surface area contributed by atoms with E-state index in [1.165, 1.54) is 22.0 Å². The Bertz CT molecular complexity index is 763. The van der Waals surface area contributed by atoms with Crippen molar-refractivity contribution in [2.45, 2.75) is 56.8 Å². The first-order chi connectivity index (χ1) is 12.3. The van der Waals surface area contributed by atoms with E-state index in [1.807, 2.05) is 12.1 Å². The van der Waals surface area contributed by atoms with Crippen LogP contribution in [0.15, 0.2) is 29.4 Å². The average Bonchev–Trinajstić information content (AvgIpc) is 3.33. The van der Waals surface area contributed by atoms with Gasteiger partial charge in [-0.2, -0.15) is 0 Å². The molecule has 1 aromatic carbocycles. The number of nitrogens with one attached hydrogen (secondary N) is 1. The van der Waals surface area contributed by atoms with E-state index in [-0.39, 0.29) is 23.7 Å². The highest BCUT2D eigenvalue weighted by Crippen LogP contribution is 2.25. The first kappa shape index (κ1) is 18.6. The van der Waals surface area contributed by atoms with Crippen LogP contribution in [-0.2, 0) is 16.8 Å². The molecule has 2 aromatic rings. The van der Waals surface area contributed by atoms with Gasteiger partial charge in [0.1, 0.15) is 12.4 Å². The van der Waals surface area contributed by atoms with Crippen molar-refractivity contribution in [2.24, 2.45) is 0 Å². The number of hydrogen-bond acceptors (Lipinski definition) is 6. The van der Waals surface area contributed by atoms with Gasteiger partial charge in [0.15, 0.2) is 5.82 Å². The number of ether oxygens (including phenoxy) is 1. The van der Waals surface area contributed by atoms with Gasteiger partial charge in [-0.1, -0.05) is 44.7 Å². The SMILES string of the molecule is CC(C)(C)c1ccc(OCc2nnc(SCC(=O)NC3CC3)n2N)cc1. The maximum absolute atomic E-state index is 11.7. The Hall–Kier alpha value is -2.22. The first-order valence-corrected chi connectivity index (χ1v) is 9.66. The molecule has 3 N–H and O–H groups in total. The molecule has 0 aliphatic heterocycles. The number of amides is 1. The summed E-state index contributed by atoms with van der Waals surface area (Å²) in [5.41, 5.74) is 1.35. The molecule has 1 amide bonds. The van der Waals surface area contributed by atoms with E-state index >= 15 is 0 Å². The molecule has 0 atom stereocenters.